The Morgan fingerprint density at radius 2 is 1.88 bits per heavy atom. The predicted molar refractivity (Wildman–Crippen MR) is 163 cm³/mol. The number of hydrogen-bond acceptors (Lipinski definition) is 7. The molecule has 0 spiro atoms. The lowest BCUT2D eigenvalue weighted by Crippen LogP contribution is -2.44. The highest BCUT2D eigenvalue weighted by Crippen LogP contribution is 2.30. The maximum absolute atomic E-state index is 12.6. The number of carbonyl (C=O) groups excluding carboxylic acids is 2. The van der Waals surface area contributed by atoms with Crippen LogP contribution in [0.2, 0.25) is 10.0 Å². The molecule has 1 saturated heterocycles. The van der Waals surface area contributed by atoms with Crippen LogP contribution in [0.25, 0.3) is 11.3 Å². The third-order valence-corrected chi connectivity index (χ3v) is 9.23. The number of amides is 2. The summed E-state index contributed by atoms with van der Waals surface area (Å²) in [6.45, 7) is 2.64. The number of hydrogen-bond donors (Lipinski definition) is 2. The van der Waals surface area contributed by atoms with Gasteiger partial charge in [-0.15, -0.1) is 11.3 Å². The standard InChI is InChI=1S/C29H27Cl2N5O2S2/c30-23-8-7-19(14-24(23)31)16-36-12-9-21(10-13-36)33-27(37)18-40-29-35-26(17-39-29)20-4-3-5-22(15-20)34-28(38)25-6-1-2-11-32-25/h1-8,11,14-15,17,21H,9-10,12-13,16,18H2,(H,33,37)(H,34,38). The molecular weight excluding hydrogens is 585 g/mol. The van der Waals surface area contributed by atoms with Crippen molar-refractivity contribution < 1.29 is 9.59 Å². The number of likely N-dealkylation sites (tertiary alicyclic amines) is 1. The maximum atomic E-state index is 12.6. The van der Waals surface area contributed by atoms with Crippen LogP contribution in [0.3, 0.4) is 0 Å². The molecule has 3 heterocycles. The molecule has 2 aromatic heterocycles. The predicted octanol–water partition coefficient (Wildman–Crippen LogP) is 6.64. The molecule has 0 radical (unpaired) electrons. The molecule has 2 aromatic carbocycles. The molecule has 1 aliphatic heterocycles. The van der Waals surface area contributed by atoms with Gasteiger partial charge in [0.15, 0.2) is 4.34 Å². The van der Waals surface area contributed by atoms with Crippen molar-refractivity contribution in [2.75, 3.05) is 24.2 Å². The number of halogens is 2. The number of thioether (sulfide) groups is 1. The number of nitrogens with one attached hydrogen (secondary N) is 2. The molecule has 5 rings (SSSR count). The van der Waals surface area contributed by atoms with Crippen LogP contribution in [0.1, 0.15) is 28.9 Å². The Bertz CT molecular complexity index is 1480. The third kappa shape index (κ3) is 7.83. The van der Waals surface area contributed by atoms with E-state index in [0.29, 0.717) is 27.2 Å². The van der Waals surface area contributed by atoms with Crippen LogP contribution in [0.15, 0.2) is 76.6 Å². The number of benzene rings is 2. The first-order chi connectivity index (χ1) is 19.4. The first-order valence-corrected chi connectivity index (χ1v) is 15.4. The van der Waals surface area contributed by atoms with Crippen molar-refractivity contribution in [3.8, 4) is 11.3 Å². The van der Waals surface area contributed by atoms with Crippen LogP contribution < -0.4 is 10.6 Å². The van der Waals surface area contributed by atoms with E-state index in [9.17, 15) is 9.59 Å². The molecule has 40 heavy (non-hydrogen) atoms. The smallest absolute Gasteiger partial charge is 0.274 e. The highest BCUT2D eigenvalue weighted by molar-refractivity contribution is 8.01. The number of anilines is 1. The summed E-state index contributed by atoms with van der Waals surface area (Å²) in [6, 6.07) is 18.7. The molecule has 0 aliphatic carbocycles. The molecule has 2 amide bonds. The first kappa shape index (κ1) is 28.6. The fraction of sp³-hybridized carbons (Fsp3) is 0.241. The Hall–Kier alpha value is -2.95. The van der Waals surface area contributed by atoms with Crippen LogP contribution in [0.4, 0.5) is 5.69 Å². The van der Waals surface area contributed by atoms with E-state index >= 15 is 0 Å². The lowest BCUT2D eigenvalue weighted by Gasteiger charge is -2.32. The minimum atomic E-state index is -0.268. The van der Waals surface area contributed by atoms with Crippen LogP contribution in [-0.4, -0.2) is 51.6 Å². The quantitative estimate of drug-likeness (QED) is 0.206. The molecule has 11 heteroatoms. The molecule has 1 aliphatic rings. The zero-order valence-electron chi connectivity index (χ0n) is 21.5. The van der Waals surface area contributed by atoms with Crippen LogP contribution in [0, 0.1) is 0 Å². The van der Waals surface area contributed by atoms with E-state index in [1.165, 1.54) is 23.1 Å². The average molecular weight is 613 g/mol. The monoisotopic (exact) mass is 611 g/mol. The molecule has 0 atom stereocenters. The summed E-state index contributed by atoms with van der Waals surface area (Å²) in [7, 11) is 0. The van der Waals surface area contributed by atoms with Crippen molar-refractivity contribution >= 4 is 63.8 Å². The van der Waals surface area contributed by atoms with Crippen LogP contribution in [-0.2, 0) is 11.3 Å². The summed E-state index contributed by atoms with van der Waals surface area (Å²) in [5, 5.41) is 9.15. The van der Waals surface area contributed by atoms with Crippen LogP contribution in [0.5, 0.6) is 0 Å². The number of aromatic nitrogens is 2. The van der Waals surface area contributed by atoms with Crippen molar-refractivity contribution in [1.82, 2.24) is 20.2 Å². The van der Waals surface area contributed by atoms with E-state index in [-0.39, 0.29) is 17.9 Å². The molecule has 0 unspecified atom stereocenters. The number of carbonyl (C=O) groups is 2. The van der Waals surface area contributed by atoms with Crippen molar-refractivity contribution in [2.24, 2.45) is 0 Å². The minimum absolute atomic E-state index is 0.0175. The Balaban J connectivity index is 1.07. The van der Waals surface area contributed by atoms with Gasteiger partial charge in [0.1, 0.15) is 5.69 Å². The van der Waals surface area contributed by atoms with E-state index in [2.05, 4.69) is 20.5 Å². The zero-order chi connectivity index (χ0) is 27.9. The van der Waals surface area contributed by atoms with Gasteiger partial charge in [-0.1, -0.05) is 59.2 Å². The summed E-state index contributed by atoms with van der Waals surface area (Å²) in [5.41, 5.74) is 3.84. The Morgan fingerprint density at radius 3 is 2.65 bits per heavy atom. The summed E-state index contributed by atoms with van der Waals surface area (Å²) in [6.07, 6.45) is 3.41. The van der Waals surface area contributed by atoms with Gasteiger partial charge in [0.25, 0.3) is 5.91 Å². The summed E-state index contributed by atoms with van der Waals surface area (Å²) in [5.74, 6) is 0.0655. The van der Waals surface area contributed by atoms with Gasteiger partial charge < -0.3 is 10.6 Å². The molecule has 4 aromatic rings. The minimum Gasteiger partial charge on any atom is -0.353 e. The molecule has 206 valence electrons. The molecular formula is C29H27Cl2N5O2S2. The van der Waals surface area contributed by atoms with E-state index in [0.717, 1.165) is 53.6 Å². The zero-order valence-corrected chi connectivity index (χ0v) is 24.6. The lowest BCUT2D eigenvalue weighted by molar-refractivity contribution is -0.119. The van der Waals surface area contributed by atoms with Gasteiger partial charge in [-0.2, -0.15) is 0 Å². The topological polar surface area (TPSA) is 87.2 Å². The second-order valence-corrected chi connectivity index (χ2v) is 12.3. The van der Waals surface area contributed by atoms with E-state index in [1.54, 1.807) is 24.4 Å². The van der Waals surface area contributed by atoms with Gasteiger partial charge in [0, 0.05) is 48.5 Å². The molecule has 0 bridgehead atoms. The summed E-state index contributed by atoms with van der Waals surface area (Å²) >= 11 is 15.1. The lowest BCUT2D eigenvalue weighted by atomic mass is 10.0. The third-order valence-electron chi connectivity index (χ3n) is 6.47. The molecule has 7 nitrogen and oxygen atoms in total. The fourth-order valence-corrected chi connectivity index (χ4v) is 6.40. The average Bonchev–Trinajstić information content (AvgIpc) is 3.45. The first-order valence-electron chi connectivity index (χ1n) is 12.8. The van der Waals surface area contributed by atoms with E-state index < -0.39 is 0 Å². The summed E-state index contributed by atoms with van der Waals surface area (Å²) in [4.78, 5) is 36.2. The SMILES string of the molecule is O=C(CSc1nc(-c2cccc(NC(=O)c3ccccn3)c2)cs1)NC1CCN(Cc2ccc(Cl)c(Cl)c2)CC1. The number of rotatable bonds is 9. The second kappa shape index (κ2) is 13.6. The number of piperidine rings is 1. The van der Waals surface area contributed by atoms with Gasteiger partial charge in [0.05, 0.1) is 21.5 Å². The van der Waals surface area contributed by atoms with Gasteiger partial charge in [0.2, 0.25) is 5.91 Å². The number of thiazole rings is 1. The maximum Gasteiger partial charge on any atom is 0.274 e. The van der Waals surface area contributed by atoms with Crippen molar-refractivity contribution in [1.29, 1.82) is 0 Å². The summed E-state index contributed by atoms with van der Waals surface area (Å²) < 4.78 is 0.824. The number of nitrogens with zero attached hydrogens (tertiary/aromatic N) is 3. The van der Waals surface area contributed by atoms with Gasteiger partial charge in [-0.3, -0.25) is 19.5 Å². The van der Waals surface area contributed by atoms with Crippen molar-refractivity contribution in [3.63, 3.8) is 0 Å². The van der Waals surface area contributed by atoms with Crippen molar-refractivity contribution in [3.05, 3.63) is 93.5 Å². The van der Waals surface area contributed by atoms with Crippen LogP contribution >= 0.6 is 46.3 Å². The highest BCUT2D eigenvalue weighted by Gasteiger charge is 2.21. The van der Waals surface area contributed by atoms with Gasteiger partial charge in [-0.25, -0.2) is 4.98 Å². The number of pyridine rings is 1. The Morgan fingerprint density at radius 1 is 1.02 bits per heavy atom. The molecule has 2 N–H and O–H groups in total. The largest absolute Gasteiger partial charge is 0.353 e. The normalized spacial score (nSPS) is 14.2. The van der Waals surface area contributed by atoms with E-state index in [4.69, 9.17) is 28.2 Å². The fourth-order valence-electron chi connectivity index (χ4n) is 4.43. The van der Waals surface area contributed by atoms with Gasteiger partial charge in [-0.05, 0) is 54.8 Å². The van der Waals surface area contributed by atoms with Crippen molar-refractivity contribution in [2.45, 2.75) is 29.8 Å². The highest BCUT2D eigenvalue weighted by atomic mass is 35.5. The molecule has 1 fully saturated rings. The second-order valence-electron chi connectivity index (χ2n) is 9.40. The van der Waals surface area contributed by atoms with E-state index in [1.807, 2.05) is 47.8 Å². The molecule has 0 saturated carbocycles. The Labute approximate surface area is 251 Å². The van der Waals surface area contributed by atoms with Gasteiger partial charge >= 0.3 is 0 Å². The Kier molecular flexibility index (Phi) is 9.72.